The van der Waals surface area contributed by atoms with Gasteiger partial charge in [0, 0.05) is 0 Å². The number of aliphatic hydroxyl groups is 2. The van der Waals surface area contributed by atoms with Crippen LogP contribution in [0.3, 0.4) is 0 Å². The number of hydrogen-bond donors (Lipinski definition) is 2. The predicted octanol–water partition coefficient (Wildman–Crippen LogP) is 2.29. The first-order valence-electron chi connectivity index (χ1n) is 5.85. The van der Waals surface area contributed by atoms with Crippen molar-refractivity contribution in [3.05, 3.63) is 65.7 Å². The van der Waals surface area contributed by atoms with Crippen LogP contribution in [0.5, 0.6) is 5.75 Å². The van der Waals surface area contributed by atoms with Crippen molar-refractivity contribution in [3.8, 4) is 5.75 Å². The summed E-state index contributed by atoms with van der Waals surface area (Å²) in [7, 11) is 0. The molecule has 94 valence electrons. The molecule has 2 N–H and O–H groups in total. The van der Waals surface area contributed by atoms with Gasteiger partial charge in [-0.15, -0.1) is 0 Å². The summed E-state index contributed by atoms with van der Waals surface area (Å²) in [6.07, 6.45) is -0.856. The third kappa shape index (κ3) is 3.32. The van der Waals surface area contributed by atoms with Crippen LogP contribution >= 0.6 is 0 Å². The van der Waals surface area contributed by atoms with Gasteiger partial charge >= 0.3 is 0 Å². The van der Waals surface area contributed by atoms with E-state index in [0.29, 0.717) is 17.9 Å². The second-order valence-electron chi connectivity index (χ2n) is 4.05. The third-order valence-corrected chi connectivity index (χ3v) is 2.66. The molecule has 2 aromatic carbocycles. The van der Waals surface area contributed by atoms with Crippen molar-refractivity contribution in [3.63, 3.8) is 0 Å². The van der Waals surface area contributed by atoms with Crippen molar-refractivity contribution in [2.75, 3.05) is 6.61 Å². The van der Waals surface area contributed by atoms with Crippen molar-refractivity contribution >= 4 is 0 Å². The quantitative estimate of drug-likeness (QED) is 0.848. The fourth-order valence-electron chi connectivity index (χ4n) is 1.66. The van der Waals surface area contributed by atoms with Crippen molar-refractivity contribution < 1.29 is 14.9 Å². The van der Waals surface area contributed by atoms with Crippen LogP contribution in [0, 0.1) is 0 Å². The average Bonchev–Trinajstić information content (AvgIpc) is 2.45. The van der Waals surface area contributed by atoms with E-state index in [9.17, 15) is 5.11 Å². The lowest BCUT2D eigenvalue weighted by molar-refractivity contribution is 0.0953. The fourth-order valence-corrected chi connectivity index (χ4v) is 1.66. The molecule has 0 saturated carbocycles. The lowest BCUT2D eigenvalue weighted by atomic mass is 10.1. The van der Waals surface area contributed by atoms with Crippen LogP contribution in [0.4, 0.5) is 0 Å². The highest BCUT2D eigenvalue weighted by Crippen LogP contribution is 2.19. The largest absolute Gasteiger partial charge is 0.489 e. The van der Waals surface area contributed by atoms with Gasteiger partial charge in [0.1, 0.15) is 18.5 Å². The molecule has 3 nitrogen and oxygen atoms in total. The third-order valence-electron chi connectivity index (χ3n) is 2.66. The van der Waals surface area contributed by atoms with Gasteiger partial charge in [0.15, 0.2) is 0 Å². The maximum atomic E-state index is 9.53. The SMILES string of the molecule is OC[C@@H](O)c1cccc(OCc2ccccc2)c1. The Bertz CT molecular complexity index is 482. The van der Waals surface area contributed by atoms with E-state index in [-0.39, 0.29) is 6.61 Å². The van der Waals surface area contributed by atoms with E-state index < -0.39 is 6.10 Å². The molecular formula is C15H16O3. The van der Waals surface area contributed by atoms with Gasteiger partial charge in [0.05, 0.1) is 6.61 Å². The van der Waals surface area contributed by atoms with E-state index in [1.54, 1.807) is 18.2 Å². The number of rotatable bonds is 5. The maximum absolute atomic E-state index is 9.53. The summed E-state index contributed by atoms with van der Waals surface area (Å²) in [6, 6.07) is 17.0. The van der Waals surface area contributed by atoms with Gasteiger partial charge in [0.2, 0.25) is 0 Å². The second-order valence-corrected chi connectivity index (χ2v) is 4.05. The molecule has 0 unspecified atom stereocenters. The second kappa shape index (κ2) is 6.19. The first-order chi connectivity index (χ1) is 8.79. The fraction of sp³-hybridized carbons (Fsp3) is 0.200. The summed E-state index contributed by atoms with van der Waals surface area (Å²) in [5.74, 6) is 0.684. The van der Waals surface area contributed by atoms with Gasteiger partial charge in [-0.3, -0.25) is 0 Å². The summed E-state index contributed by atoms with van der Waals surface area (Å²) >= 11 is 0. The molecule has 0 heterocycles. The summed E-state index contributed by atoms with van der Waals surface area (Å²) in [5, 5.41) is 18.4. The Morgan fingerprint density at radius 1 is 1.00 bits per heavy atom. The topological polar surface area (TPSA) is 49.7 Å². The molecule has 0 aliphatic rings. The number of aliphatic hydroxyl groups excluding tert-OH is 2. The molecule has 0 aliphatic carbocycles. The number of benzene rings is 2. The molecule has 0 fully saturated rings. The van der Waals surface area contributed by atoms with Crippen molar-refractivity contribution in [1.82, 2.24) is 0 Å². The molecule has 1 atom stereocenters. The van der Waals surface area contributed by atoms with E-state index in [1.165, 1.54) is 0 Å². The Labute approximate surface area is 106 Å². The first kappa shape index (κ1) is 12.6. The van der Waals surface area contributed by atoms with Crippen LogP contribution in [0.15, 0.2) is 54.6 Å². The predicted molar refractivity (Wildman–Crippen MR) is 69.3 cm³/mol. The Kier molecular flexibility index (Phi) is 4.34. The van der Waals surface area contributed by atoms with Crippen LogP contribution in [-0.2, 0) is 6.61 Å². The monoisotopic (exact) mass is 244 g/mol. The molecule has 0 spiro atoms. The molecule has 0 aliphatic heterocycles. The summed E-state index contributed by atoms with van der Waals surface area (Å²) in [6.45, 7) is 0.196. The molecule has 0 aromatic heterocycles. The van der Waals surface area contributed by atoms with E-state index in [0.717, 1.165) is 5.56 Å². The Morgan fingerprint density at radius 2 is 1.78 bits per heavy atom. The highest BCUT2D eigenvalue weighted by atomic mass is 16.5. The van der Waals surface area contributed by atoms with Crippen molar-refractivity contribution in [1.29, 1.82) is 0 Å². The molecule has 0 radical (unpaired) electrons. The summed E-state index contributed by atoms with van der Waals surface area (Å²) < 4.78 is 5.63. The molecule has 0 bridgehead atoms. The van der Waals surface area contributed by atoms with Gasteiger partial charge < -0.3 is 14.9 Å². The average molecular weight is 244 g/mol. The number of ether oxygens (including phenoxy) is 1. The Morgan fingerprint density at radius 3 is 2.50 bits per heavy atom. The zero-order chi connectivity index (χ0) is 12.8. The van der Waals surface area contributed by atoms with Crippen molar-refractivity contribution in [2.45, 2.75) is 12.7 Å². The zero-order valence-electron chi connectivity index (χ0n) is 9.99. The van der Waals surface area contributed by atoms with Crippen LogP contribution in [0.25, 0.3) is 0 Å². The highest BCUT2D eigenvalue weighted by Gasteiger charge is 2.06. The number of hydrogen-bond acceptors (Lipinski definition) is 3. The van der Waals surface area contributed by atoms with Crippen LogP contribution in [0.2, 0.25) is 0 Å². The minimum atomic E-state index is -0.856. The van der Waals surface area contributed by atoms with E-state index in [1.807, 2.05) is 36.4 Å². The Balaban J connectivity index is 2.01. The van der Waals surface area contributed by atoms with E-state index in [4.69, 9.17) is 9.84 Å². The first-order valence-corrected chi connectivity index (χ1v) is 5.85. The highest BCUT2D eigenvalue weighted by molar-refractivity contribution is 5.30. The molecule has 0 saturated heterocycles. The lowest BCUT2D eigenvalue weighted by Gasteiger charge is -2.10. The van der Waals surface area contributed by atoms with E-state index in [2.05, 4.69) is 0 Å². The van der Waals surface area contributed by atoms with Gasteiger partial charge in [-0.1, -0.05) is 42.5 Å². The Hall–Kier alpha value is -1.84. The molecule has 18 heavy (non-hydrogen) atoms. The van der Waals surface area contributed by atoms with Gasteiger partial charge in [-0.05, 0) is 23.3 Å². The van der Waals surface area contributed by atoms with Crippen LogP contribution in [-0.4, -0.2) is 16.8 Å². The lowest BCUT2D eigenvalue weighted by Crippen LogP contribution is -2.03. The van der Waals surface area contributed by atoms with E-state index >= 15 is 0 Å². The van der Waals surface area contributed by atoms with Crippen molar-refractivity contribution in [2.24, 2.45) is 0 Å². The van der Waals surface area contributed by atoms with Crippen LogP contribution < -0.4 is 4.74 Å². The normalized spacial score (nSPS) is 12.1. The summed E-state index contributed by atoms with van der Waals surface area (Å²) in [4.78, 5) is 0. The van der Waals surface area contributed by atoms with Gasteiger partial charge in [-0.2, -0.15) is 0 Å². The minimum Gasteiger partial charge on any atom is -0.489 e. The molecule has 3 heteroatoms. The van der Waals surface area contributed by atoms with Gasteiger partial charge in [-0.25, -0.2) is 0 Å². The molecule has 2 rings (SSSR count). The standard InChI is InChI=1S/C15H16O3/c16-10-15(17)13-7-4-8-14(9-13)18-11-12-5-2-1-3-6-12/h1-9,15-17H,10-11H2/t15-/m1/s1. The minimum absolute atomic E-state index is 0.290. The van der Waals surface area contributed by atoms with Gasteiger partial charge in [0.25, 0.3) is 0 Å². The smallest absolute Gasteiger partial charge is 0.120 e. The zero-order valence-corrected chi connectivity index (χ0v) is 9.99. The molecular weight excluding hydrogens is 228 g/mol. The van der Waals surface area contributed by atoms with Crippen LogP contribution in [0.1, 0.15) is 17.2 Å². The molecule has 0 amide bonds. The maximum Gasteiger partial charge on any atom is 0.120 e. The molecule has 2 aromatic rings. The summed E-state index contributed by atoms with van der Waals surface area (Å²) in [5.41, 5.74) is 1.74.